The van der Waals surface area contributed by atoms with Crippen LogP contribution in [0.5, 0.6) is 0 Å². The standard InChI is InChI=1S/C49H68/c1-32-20-24-36(28-42(32)46(5,6)7)40(37-25-21-33(2)43(29-37)47(8,9)10)18-17-19-41(38-26-22-34(3)44(30-38)48(11,12)13)39-27-23-35(4)45(31-39)49(14,15)16/h20-31,40-41H,17-19H2,1-16H3. The monoisotopic (exact) mass is 657 g/mol. The second-order valence-electron chi connectivity index (χ2n) is 19.3. The molecule has 0 atom stereocenters. The van der Waals surface area contributed by atoms with E-state index in [1.165, 1.54) is 66.8 Å². The predicted octanol–water partition coefficient (Wildman–Crippen LogP) is 14.2. The smallest absolute Gasteiger partial charge is 0.00895 e. The predicted molar refractivity (Wildman–Crippen MR) is 217 cm³/mol. The van der Waals surface area contributed by atoms with Crippen LogP contribution in [0.3, 0.4) is 0 Å². The molecule has 0 aliphatic rings. The third-order valence-corrected chi connectivity index (χ3v) is 10.9. The zero-order chi connectivity index (χ0) is 36.7. The van der Waals surface area contributed by atoms with Gasteiger partial charge in [0, 0.05) is 11.8 Å². The van der Waals surface area contributed by atoms with Gasteiger partial charge in [0.15, 0.2) is 0 Å². The maximum Gasteiger partial charge on any atom is 0.00895 e. The van der Waals surface area contributed by atoms with Gasteiger partial charge in [0.05, 0.1) is 0 Å². The van der Waals surface area contributed by atoms with E-state index in [1.54, 1.807) is 0 Å². The summed E-state index contributed by atoms with van der Waals surface area (Å²) in [5.74, 6) is 0.686. The van der Waals surface area contributed by atoms with Gasteiger partial charge in [0.25, 0.3) is 0 Å². The van der Waals surface area contributed by atoms with Gasteiger partial charge in [-0.05, 0) is 129 Å². The molecule has 0 saturated carbocycles. The summed E-state index contributed by atoms with van der Waals surface area (Å²) < 4.78 is 0. The van der Waals surface area contributed by atoms with Crippen molar-refractivity contribution in [2.45, 2.75) is 164 Å². The number of rotatable bonds is 8. The molecule has 0 aliphatic carbocycles. The van der Waals surface area contributed by atoms with E-state index in [-0.39, 0.29) is 21.7 Å². The first-order valence-corrected chi connectivity index (χ1v) is 18.9. The number of hydrogen-bond donors (Lipinski definition) is 0. The molecule has 0 radical (unpaired) electrons. The van der Waals surface area contributed by atoms with Crippen molar-refractivity contribution in [3.8, 4) is 0 Å². The summed E-state index contributed by atoms with van der Waals surface area (Å²) in [5.41, 5.74) is 17.6. The molecule has 4 rings (SSSR count). The van der Waals surface area contributed by atoms with Crippen LogP contribution in [-0.2, 0) is 21.7 Å². The summed E-state index contributed by atoms with van der Waals surface area (Å²) in [7, 11) is 0. The molecule has 0 N–H and O–H groups in total. The lowest BCUT2D eigenvalue weighted by Crippen LogP contribution is -2.16. The van der Waals surface area contributed by atoms with Gasteiger partial charge in [-0.2, -0.15) is 0 Å². The van der Waals surface area contributed by atoms with Crippen LogP contribution < -0.4 is 0 Å². The molecule has 0 aliphatic heterocycles. The highest BCUT2D eigenvalue weighted by Gasteiger charge is 2.26. The summed E-state index contributed by atoms with van der Waals surface area (Å²) in [6, 6.07) is 29.2. The fourth-order valence-electron chi connectivity index (χ4n) is 8.24. The molecule has 0 heterocycles. The largest absolute Gasteiger partial charge is 0.0587 e. The zero-order valence-electron chi connectivity index (χ0n) is 34.2. The first-order chi connectivity index (χ1) is 22.5. The van der Waals surface area contributed by atoms with E-state index in [0.717, 1.165) is 19.3 Å². The Labute approximate surface area is 302 Å². The summed E-state index contributed by atoms with van der Waals surface area (Å²) in [6.45, 7) is 37.3. The van der Waals surface area contributed by atoms with E-state index >= 15 is 0 Å². The molecule has 4 aromatic rings. The van der Waals surface area contributed by atoms with Gasteiger partial charge in [0.2, 0.25) is 0 Å². The number of benzene rings is 4. The molecule has 264 valence electrons. The van der Waals surface area contributed by atoms with Gasteiger partial charge >= 0.3 is 0 Å². The van der Waals surface area contributed by atoms with E-state index in [2.05, 4.69) is 184 Å². The van der Waals surface area contributed by atoms with Gasteiger partial charge in [-0.25, -0.2) is 0 Å². The minimum Gasteiger partial charge on any atom is -0.0587 e. The molecule has 0 bridgehead atoms. The highest BCUT2D eigenvalue weighted by Crippen LogP contribution is 2.41. The lowest BCUT2D eigenvalue weighted by atomic mass is 9.76. The topological polar surface area (TPSA) is 0 Å². The quantitative estimate of drug-likeness (QED) is 0.177. The van der Waals surface area contributed by atoms with Crippen LogP contribution in [0.1, 0.15) is 181 Å². The van der Waals surface area contributed by atoms with Crippen molar-refractivity contribution in [1.82, 2.24) is 0 Å². The van der Waals surface area contributed by atoms with Crippen LogP contribution in [-0.4, -0.2) is 0 Å². The SMILES string of the molecule is Cc1ccc(C(CCCC(c2ccc(C)c(C(C)(C)C)c2)c2ccc(C)c(C(C)(C)C)c2)c2ccc(C)c(C(C)(C)C)c2)cc1C(C)(C)C. The fourth-order valence-corrected chi connectivity index (χ4v) is 8.24. The van der Waals surface area contributed by atoms with Gasteiger partial charge < -0.3 is 0 Å². The van der Waals surface area contributed by atoms with Crippen molar-refractivity contribution in [1.29, 1.82) is 0 Å². The molecule has 0 nitrogen and oxygen atoms in total. The Kier molecular flexibility index (Phi) is 11.2. The Bertz CT molecular complexity index is 1490. The van der Waals surface area contributed by atoms with Crippen molar-refractivity contribution in [3.63, 3.8) is 0 Å². The van der Waals surface area contributed by atoms with Gasteiger partial charge in [-0.1, -0.05) is 162 Å². The Morgan fingerprint density at radius 2 is 0.551 bits per heavy atom. The molecular weight excluding hydrogens is 589 g/mol. The van der Waals surface area contributed by atoms with Crippen LogP contribution in [0, 0.1) is 27.7 Å². The molecule has 49 heavy (non-hydrogen) atoms. The Hall–Kier alpha value is -3.12. The van der Waals surface area contributed by atoms with Gasteiger partial charge in [-0.3, -0.25) is 0 Å². The molecule has 0 unspecified atom stereocenters. The van der Waals surface area contributed by atoms with E-state index in [0.29, 0.717) is 11.8 Å². The average Bonchev–Trinajstić information content (AvgIpc) is 2.97. The minimum atomic E-state index is 0.103. The molecule has 0 spiro atoms. The van der Waals surface area contributed by atoms with Crippen LogP contribution in [0.25, 0.3) is 0 Å². The van der Waals surface area contributed by atoms with E-state index in [4.69, 9.17) is 0 Å². The maximum absolute atomic E-state index is 2.53. The third kappa shape index (κ3) is 9.17. The highest BCUT2D eigenvalue weighted by molar-refractivity contribution is 5.46. The molecule has 0 amide bonds. The van der Waals surface area contributed by atoms with Crippen LogP contribution >= 0.6 is 0 Å². The zero-order valence-corrected chi connectivity index (χ0v) is 34.2. The second kappa shape index (κ2) is 14.2. The summed E-state index contributed by atoms with van der Waals surface area (Å²) in [5, 5.41) is 0. The average molecular weight is 657 g/mol. The van der Waals surface area contributed by atoms with Crippen molar-refractivity contribution in [2.24, 2.45) is 0 Å². The summed E-state index contributed by atoms with van der Waals surface area (Å²) in [4.78, 5) is 0. The maximum atomic E-state index is 2.53. The molecule has 0 fully saturated rings. The lowest BCUT2D eigenvalue weighted by molar-refractivity contribution is 0.564. The molecule has 0 aromatic heterocycles. The molecule has 0 saturated heterocycles. The van der Waals surface area contributed by atoms with Crippen LogP contribution in [0.2, 0.25) is 0 Å². The van der Waals surface area contributed by atoms with Crippen molar-refractivity contribution < 1.29 is 0 Å². The molecule has 0 heteroatoms. The Morgan fingerprint density at radius 1 is 0.347 bits per heavy atom. The van der Waals surface area contributed by atoms with Crippen molar-refractivity contribution >= 4 is 0 Å². The van der Waals surface area contributed by atoms with Crippen molar-refractivity contribution in [3.05, 3.63) is 140 Å². The van der Waals surface area contributed by atoms with E-state index in [1.807, 2.05) is 0 Å². The van der Waals surface area contributed by atoms with Crippen LogP contribution in [0.15, 0.2) is 72.8 Å². The molecule has 4 aromatic carbocycles. The number of hydrogen-bond acceptors (Lipinski definition) is 0. The summed E-state index contributed by atoms with van der Waals surface area (Å²) >= 11 is 0. The first kappa shape index (κ1) is 38.7. The van der Waals surface area contributed by atoms with Gasteiger partial charge in [-0.15, -0.1) is 0 Å². The Morgan fingerprint density at radius 3 is 0.735 bits per heavy atom. The van der Waals surface area contributed by atoms with E-state index in [9.17, 15) is 0 Å². The first-order valence-electron chi connectivity index (χ1n) is 18.9. The number of aryl methyl sites for hydroxylation is 4. The minimum absolute atomic E-state index is 0.103. The van der Waals surface area contributed by atoms with Crippen LogP contribution in [0.4, 0.5) is 0 Å². The van der Waals surface area contributed by atoms with E-state index < -0.39 is 0 Å². The summed E-state index contributed by atoms with van der Waals surface area (Å²) in [6.07, 6.45) is 3.38. The highest BCUT2D eigenvalue weighted by atomic mass is 14.3. The normalized spacial score (nSPS) is 13.1. The van der Waals surface area contributed by atoms with Crippen molar-refractivity contribution in [2.75, 3.05) is 0 Å². The fraction of sp³-hybridized carbons (Fsp3) is 0.510. The third-order valence-electron chi connectivity index (χ3n) is 10.9. The second-order valence-corrected chi connectivity index (χ2v) is 19.3. The van der Waals surface area contributed by atoms with Gasteiger partial charge in [0.1, 0.15) is 0 Å². The molecular formula is C49H68. The lowest BCUT2D eigenvalue weighted by Gasteiger charge is -2.29. The Balaban J connectivity index is 1.82.